The average Bonchev–Trinajstić information content (AvgIpc) is 2.42. The Morgan fingerprint density at radius 1 is 1.57 bits per heavy atom. The fraction of sp³-hybridized carbons (Fsp3) is 0.429. The van der Waals surface area contributed by atoms with Crippen LogP contribution >= 0.6 is 0 Å². The number of rotatable bonds is 3. The summed E-state index contributed by atoms with van der Waals surface area (Å²) in [5.74, 6) is -3.85. The van der Waals surface area contributed by atoms with Gasteiger partial charge in [0.1, 0.15) is 11.7 Å². The first-order valence-corrected chi connectivity index (χ1v) is 3.65. The molecule has 0 saturated heterocycles. The Balaban J connectivity index is 3.02. The van der Waals surface area contributed by atoms with Gasteiger partial charge in [-0.1, -0.05) is 0 Å². The number of carboxylic acid groups (broad SMARTS) is 1. The Hall–Kier alpha value is -1.60. The van der Waals surface area contributed by atoms with E-state index in [0.717, 1.165) is 0 Å². The second-order valence-electron chi connectivity index (χ2n) is 2.64. The summed E-state index contributed by atoms with van der Waals surface area (Å²) < 4.78 is 4.35. The standard InChI is InChI=1S/C7H8O7/c8-1-2(9)5-3(6(11)12)4(10)7(13)14-5/h2,5,8-10H,1H2,(H,11,12)/t2-,5?/m0/s1. The maximum Gasteiger partial charge on any atom is 0.374 e. The molecule has 14 heavy (non-hydrogen) atoms. The predicted molar refractivity (Wildman–Crippen MR) is 40.3 cm³/mol. The van der Waals surface area contributed by atoms with Gasteiger partial charge in [0.2, 0.25) is 5.76 Å². The van der Waals surface area contributed by atoms with Crippen LogP contribution in [0.2, 0.25) is 0 Å². The molecule has 78 valence electrons. The van der Waals surface area contributed by atoms with Crippen LogP contribution in [0.5, 0.6) is 0 Å². The van der Waals surface area contributed by atoms with E-state index >= 15 is 0 Å². The first-order valence-electron chi connectivity index (χ1n) is 3.65. The molecule has 0 spiro atoms. The number of hydrogen-bond acceptors (Lipinski definition) is 6. The van der Waals surface area contributed by atoms with Crippen LogP contribution in [-0.4, -0.2) is 51.2 Å². The van der Waals surface area contributed by atoms with Crippen molar-refractivity contribution < 1.29 is 34.8 Å². The SMILES string of the molecule is O=C(O)C1=C(O)C(=O)OC1[C@@H](O)CO. The Morgan fingerprint density at radius 2 is 2.14 bits per heavy atom. The van der Waals surface area contributed by atoms with Gasteiger partial charge in [-0.2, -0.15) is 0 Å². The average molecular weight is 204 g/mol. The molecule has 2 atom stereocenters. The number of carbonyl (C=O) groups excluding carboxylic acids is 1. The number of cyclic esters (lactones) is 1. The first kappa shape index (κ1) is 10.5. The molecule has 0 amide bonds. The zero-order valence-corrected chi connectivity index (χ0v) is 6.88. The molecule has 1 aliphatic rings. The van der Waals surface area contributed by atoms with Crippen LogP contribution in [0, 0.1) is 0 Å². The lowest BCUT2D eigenvalue weighted by Gasteiger charge is -2.15. The zero-order valence-electron chi connectivity index (χ0n) is 6.88. The molecule has 1 unspecified atom stereocenters. The molecule has 1 rings (SSSR count). The van der Waals surface area contributed by atoms with Gasteiger partial charge in [0.15, 0.2) is 6.10 Å². The first-order chi connectivity index (χ1) is 6.49. The Morgan fingerprint density at radius 3 is 2.57 bits per heavy atom. The third-order valence-electron chi connectivity index (χ3n) is 1.73. The van der Waals surface area contributed by atoms with E-state index in [4.69, 9.17) is 20.4 Å². The second kappa shape index (κ2) is 3.64. The molecule has 0 fully saturated rings. The smallest absolute Gasteiger partial charge is 0.374 e. The lowest BCUT2D eigenvalue weighted by Crippen LogP contribution is -2.33. The van der Waals surface area contributed by atoms with Crippen molar-refractivity contribution in [3.05, 3.63) is 11.3 Å². The number of esters is 1. The fourth-order valence-corrected chi connectivity index (χ4v) is 1.06. The molecule has 0 saturated carbocycles. The predicted octanol–water partition coefficient (Wildman–Crippen LogP) is -1.84. The molecule has 0 aromatic rings. The summed E-state index contributed by atoms with van der Waals surface area (Å²) in [6.45, 7) is -0.776. The van der Waals surface area contributed by atoms with Gasteiger partial charge in [0.05, 0.1) is 6.61 Å². The van der Waals surface area contributed by atoms with Crippen molar-refractivity contribution in [2.24, 2.45) is 0 Å². The van der Waals surface area contributed by atoms with Gasteiger partial charge in [-0.3, -0.25) is 0 Å². The number of carboxylic acids is 1. The minimum Gasteiger partial charge on any atom is -0.501 e. The van der Waals surface area contributed by atoms with Gasteiger partial charge in [0.25, 0.3) is 0 Å². The molecule has 1 aliphatic heterocycles. The maximum absolute atomic E-state index is 10.7. The molecule has 7 nitrogen and oxygen atoms in total. The zero-order chi connectivity index (χ0) is 10.9. The number of aliphatic hydroxyl groups excluding tert-OH is 3. The number of aliphatic carboxylic acids is 1. The normalized spacial score (nSPS) is 23.6. The van der Waals surface area contributed by atoms with Crippen molar-refractivity contribution in [3.8, 4) is 0 Å². The van der Waals surface area contributed by atoms with Crippen LogP contribution in [-0.2, 0) is 14.3 Å². The van der Waals surface area contributed by atoms with E-state index < -0.39 is 42.1 Å². The lowest BCUT2D eigenvalue weighted by atomic mass is 10.1. The topological polar surface area (TPSA) is 124 Å². The summed E-state index contributed by atoms with van der Waals surface area (Å²) in [5.41, 5.74) is -0.739. The molecule has 0 aliphatic carbocycles. The van der Waals surface area contributed by atoms with Gasteiger partial charge >= 0.3 is 11.9 Å². The summed E-state index contributed by atoms with van der Waals surface area (Å²) in [6, 6.07) is 0. The third kappa shape index (κ3) is 1.54. The highest BCUT2D eigenvalue weighted by Gasteiger charge is 2.42. The fourth-order valence-electron chi connectivity index (χ4n) is 1.06. The molecule has 0 aromatic heterocycles. The molecular weight excluding hydrogens is 196 g/mol. The van der Waals surface area contributed by atoms with E-state index in [0.29, 0.717) is 0 Å². The maximum atomic E-state index is 10.7. The highest BCUT2D eigenvalue weighted by atomic mass is 16.6. The number of ether oxygens (including phenoxy) is 1. The van der Waals surface area contributed by atoms with Crippen LogP contribution in [0.4, 0.5) is 0 Å². The molecular formula is C7H8O7. The van der Waals surface area contributed by atoms with E-state index in [1.54, 1.807) is 0 Å². The van der Waals surface area contributed by atoms with Crippen molar-refractivity contribution in [1.82, 2.24) is 0 Å². The highest BCUT2D eigenvalue weighted by Crippen LogP contribution is 2.23. The summed E-state index contributed by atoms with van der Waals surface area (Å²) in [4.78, 5) is 21.3. The molecule has 1 heterocycles. The molecule has 7 heteroatoms. The monoisotopic (exact) mass is 204 g/mol. The number of aliphatic hydroxyl groups is 3. The summed E-state index contributed by atoms with van der Waals surface area (Å²) >= 11 is 0. The van der Waals surface area contributed by atoms with Crippen molar-refractivity contribution in [2.45, 2.75) is 12.2 Å². The van der Waals surface area contributed by atoms with Gasteiger partial charge in [-0.25, -0.2) is 9.59 Å². The van der Waals surface area contributed by atoms with Crippen LogP contribution in [0.3, 0.4) is 0 Å². The molecule has 0 radical (unpaired) electrons. The summed E-state index contributed by atoms with van der Waals surface area (Å²) in [5, 5.41) is 35.2. The van der Waals surface area contributed by atoms with Gasteiger partial charge in [-0.15, -0.1) is 0 Å². The van der Waals surface area contributed by atoms with Crippen LogP contribution in [0.15, 0.2) is 11.3 Å². The minimum atomic E-state index is -1.58. The molecule has 4 N–H and O–H groups in total. The van der Waals surface area contributed by atoms with Crippen LogP contribution in [0.1, 0.15) is 0 Å². The van der Waals surface area contributed by atoms with Crippen LogP contribution < -0.4 is 0 Å². The van der Waals surface area contributed by atoms with E-state index in [1.807, 2.05) is 0 Å². The van der Waals surface area contributed by atoms with Gasteiger partial charge < -0.3 is 25.2 Å². The van der Waals surface area contributed by atoms with Gasteiger partial charge in [0, 0.05) is 0 Å². The van der Waals surface area contributed by atoms with E-state index in [2.05, 4.69) is 4.74 Å². The van der Waals surface area contributed by atoms with Crippen molar-refractivity contribution in [2.75, 3.05) is 6.61 Å². The largest absolute Gasteiger partial charge is 0.501 e. The quantitative estimate of drug-likeness (QED) is 0.398. The minimum absolute atomic E-state index is 0.739. The third-order valence-corrected chi connectivity index (χ3v) is 1.73. The lowest BCUT2D eigenvalue weighted by molar-refractivity contribution is -0.147. The number of hydrogen-bond donors (Lipinski definition) is 4. The van der Waals surface area contributed by atoms with E-state index in [-0.39, 0.29) is 0 Å². The molecule has 0 aromatic carbocycles. The van der Waals surface area contributed by atoms with Crippen molar-refractivity contribution in [1.29, 1.82) is 0 Å². The second-order valence-corrected chi connectivity index (χ2v) is 2.64. The van der Waals surface area contributed by atoms with E-state index in [9.17, 15) is 9.59 Å². The Bertz CT molecular complexity index is 305. The highest BCUT2D eigenvalue weighted by molar-refractivity contribution is 6.02. The van der Waals surface area contributed by atoms with Crippen LogP contribution in [0.25, 0.3) is 0 Å². The number of carbonyl (C=O) groups is 2. The van der Waals surface area contributed by atoms with E-state index in [1.165, 1.54) is 0 Å². The van der Waals surface area contributed by atoms with Gasteiger partial charge in [-0.05, 0) is 0 Å². The summed E-state index contributed by atoms with van der Waals surface area (Å²) in [6.07, 6.45) is -3.08. The van der Waals surface area contributed by atoms with Crippen molar-refractivity contribution >= 4 is 11.9 Å². The molecule has 0 bridgehead atoms. The van der Waals surface area contributed by atoms with Crippen molar-refractivity contribution in [3.63, 3.8) is 0 Å². The summed E-state index contributed by atoms with van der Waals surface area (Å²) in [7, 11) is 0. The Labute approximate surface area is 77.8 Å². The Kier molecular flexibility index (Phi) is 2.73.